The van der Waals surface area contributed by atoms with Gasteiger partial charge < -0.3 is 19.1 Å². The molecule has 1 unspecified atom stereocenters. The second kappa shape index (κ2) is 8.02. The number of hydrogen-bond donors (Lipinski definition) is 1. The number of phenolic OH excluding ortho intramolecular Hbond substituents is 1. The Morgan fingerprint density at radius 3 is 2.81 bits per heavy atom. The summed E-state index contributed by atoms with van der Waals surface area (Å²) < 4.78 is 13.6. The molecule has 2 aliphatic rings. The van der Waals surface area contributed by atoms with E-state index in [9.17, 15) is 9.90 Å². The van der Waals surface area contributed by atoms with Crippen molar-refractivity contribution in [1.82, 2.24) is 9.47 Å². The average molecular weight is 433 g/mol. The molecule has 1 N–H and O–H groups in total. The number of ether oxygens (including phenoxy) is 2. The zero-order chi connectivity index (χ0) is 22.4. The standard InChI is InChI=1S/C26H28N2O4/c1-16-5-4-10-27(16)11-12-28-17(2)21(22-14-19(31-3)7-9-23(22)28)15-25-26(30)20-8-6-18(29)13-24(20)32-25/h6-9,13-16,29H,4-5,10-12H2,1-3H3. The molecule has 2 aromatic carbocycles. The van der Waals surface area contributed by atoms with Crippen LogP contribution < -0.4 is 9.47 Å². The van der Waals surface area contributed by atoms with Crippen molar-refractivity contribution >= 4 is 22.8 Å². The lowest BCUT2D eigenvalue weighted by atomic mass is 10.1. The molecule has 0 aliphatic carbocycles. The van der Waals surface area contributed by atoms with E-state index in [0.29, 0.717) is 17.4 Å². The van der Waals surface area contributed by atoms with Crippen LogP contribution in [-0.2, 0) is 6.54 Å². The molecular weight excluding hydrogens is 404 g/mol. The van der Waals surface area contributed by atoms with Gasteiger partial charge in [-0.2, -0.15) is 0 Å². The van der Waals surface area contributed by atoms with Crippen molar-refractivity contribution in [3.8, 4) is 17.2 Å². The van der Waals surface area contributed by atoms with Gasteiger partial charge in [0.1, 0.15) is 17.2 Å². The van der Waals surface area contributed by atoms with Crippen LogP contribution in [0.25, 0.3) is 17.0 Å². The summed E-state index contributed by atoms with van der Waals surface area (Å²) >= 11 is 0. The Labute approximate surface area is 187 Å². The number of fused-ring (bicyclic) bond motifs is 2. The lowest BCUT2D eigenvalue weighted by Gasteiger charge is -2.22. The summed E-state index contributed by atoms with van der Waals surface area (Å²) in [6.07, 6.45) is 4.34. The van der Waals surface area contributed by atoms with E-state index in [4.69, 9.17) is 9.47 Å². The number of Topliss-reactive ketones (excluding diaryl/α,β-unsaturated/α-hetero) is 1. The third-order valence-electron chi connectivity index (χ3n) is 6.81. The zero-order valence-corrected chi connectivity index (χ0v) is 18.7. The second-order valence-electron chi connectivity index (χ2n) is 8.68. The molecule has 3 heterocycles. The van der Waals surface area contributed by atoms with E-state index in [-0.39, 0.29) is 17.3 Å². The quantitative estimate of drug-likeness (QED) is 0.589. The number of phenols is 1. The van der Waals surface area contributed by atoms with Crippen LogP contribution in [0.2, 0.25) is 0 Å². The lowest BCUT2D eigenvalue weighted by Crippen LogP contribution is -2.30. The van der Waals surface area contributed by atoms with Crippen LogP contribution in [0.5, 0.6) is 17.2 Å². The van der Waals surface area contributed by atoms with Gasteiger partial charge in [-0.05, 0) is 69.6 Å². The highest BCUT2D eigenvalue weighted by molar-refractivity contribution is 6.15. The number of methoxy groups -OCH3 is 1. The number of aromatic hydroxyl groups is 1. The fourth-order valence-corrected chi connectivity index (χ4v) is 4.94. The molecule has 6 heteroatoms. The summed E-state index contributed by atoms with van der Waals surface area (Å²) in [4.78, 5) is 15.5. The lowest BCUT2D eigenvalue weighted by molar-refractivity contribution is 0.101. The summed E-state index contributed by atoms with van der Waals surface area (Å²) in [5.41, 5.74) is 3.62. The van der Waals surface area contributed by atoms with E-state index < -0.39 is 0 Å². The van der Waals surface area contributed by atoms with Gasteiger partial charge in [0.15, 0.2) is 5.76 Å². The highest BCUT2D eigenvalue weighted by Gasteiger charge is 2.29. The minimum atomic E-state index is -0.172. The Morgan fingerprint density at radius 1 is 1.22 bits per heavy atom. The van der Waals surface area contributed by atoms with Gasteiger partial charge in [0, 0.05) is 47.4 Å². The summed E-state index contributed by atoms with van der Waals surface area (Å²) in [7, 11) is 1.66. The minimum absolute atomic E-state index is 0.0754. The normalized spacial score (nSPS) is 19.7. The number of allylic oxidation sites excluding steroid dienone is 1. The maximum Gasteiger partial charge on any atom is 0.231 e. The molecule has 0 saturated carbocycles. The number of likely N-dealkylation sites (tertiary alicyclic amines) is 1. The van der Waals surface area contributed by atoms with Crippen molar-refractivity contribution in [1.29, 1.82) is 0 Å². The Balaban J connectivity index is 1.56. The van der Waals surface area contributed by atoms with Crippen LogP contribution in [0.15, 0.2) is 42.2 Å². The van der Waals surface area contributed by atoms with Gasteiger partial charge in [0.05, 0.1) is 12.7 Å². The van der Waals surface area contributed by atoms with Crippen molar-refractivity contribution in [2.24, 2.45) is 0 Å². The Kier molecular flexibility index (Phi) is 5.18. The van der Waals surface area contributed by atoms with Gasteiger partial charge in [0.25, 0.3) is 0 Å². The molecule has 166 valence electrons. The van der Waals surface area contributed by atoms with Crippen LogP contribution >= 0.6 is 0 Å². The highest BCUT2D eigenvalue weighted by atomic mass is 16.5. The van der Waals surface area contributed by atoms with E-state index in [0.717, 1.165) is 47.5 Å². The second-order valence-corrected chi connectivity index (χ2v) is 8.68. The summed E-state index contributed by atoms with van der Waals surface area (Å²) in [5, 5.41) is 10.8. The Morgan fingerprint density at radius 2 is 2.06 bits per heavy atom. The predicted molar refractivity (Wildman–Crippen MR) is 125 cm³/mol. The van der Waals surface area contributed by atoms with Gasteiger partial charge in [-0.25, -0.2) is 0 Å². The molecule has 1 saturated heterocycles. The van der Waals surface area contributed by atoms with Gasteiger partial charge in [0.2, 0.25) is 5.78 Å². The van der Waals surface area contributed by atoms with E-state index in [1.54, 1.807) is 13.2 Å². The number of hydrogen-bond acceptors (Lipinski definition) is 5. The van der Waals surface area contributed by atoms with Crippen LogP contribution in [-0.4, -0.2) is 46.6 Å². The average Bonchev–Trinajstić information content (AvgIpc) is 3.41. The molecule has 0 amide bonds. The third kappa shape index (κ3) is 3.45. The first-order valence-corrected chi connectivity index (χ1v) is 11.1. The maximum atomic E-state index is 12.9. The first-order chi connectivity index (χ1) is 15.5. The number of carbonyl (C=O) groups is 1. The molecule has 5 rings (SSSR count). The van der Waals surface area contributed by atoms with E-state index >= 15 is 0 Å². The molecule has 0 spiro atoms. The molecule has 1 fully saturated rings. The van der Waals surface area contributed by atoms with Crippen molar-refractivity contribution in [2.45, 2.75) is 39.3 Å². The fourth-order valence-electron chi connectivity index (χ4n) is 4.94. The molecule has 0 bridgehead atoms. The molecule has 1 atom stereocenters. The first kappa shape index (κ1) is 20.6. The number of nitrogens with zero attached hydrogens (tertiary/aromatic N) is 2. The van der Waals surface area contributed by atoms with Crippen molar-refractivity contribution in [3.63, 3.8) is 0 Å². The van der Waals surface area contributed by atoms with E-state index in [1.807, 2.05) is 18.2 Å². The van der Waals surface area contributed by atoms with Gasteiger partial charge in [-0.3, -0.25) is 9.69 Å². The van der Waals surface area contributed by atoms with Crippen molar-refractivity contribution < 1.29 is 19.4 Å². The zero-order valence-electron chi connectivity index (χ0n) is 18.7. The summed E-state index contributed by atoms with van der Waals surface area (Å²) in [6, 6.07) is 11.3. The highest BCUT2D eigenvalue weighted by Crippen LogP contribution is 2.37. The van der Waals surface area contributed by atoms with E-state index in [2.05, 4.69) is 29.4 Å². The van der Waals surface area contributed by atoms with Crippen molar-refractivity contribution in [2.75, 3.05) is 20.2 Å². The summed E-state index contributed by atoms with van der Waals surface area (Å²) in [6.45, 7) is 7.41. The van der Waals surface area contributed by atoms with Gasteiger partial charge in [-0.15, -0.1) is 0 Å². The van der Waals surface area contributed by atoms with Crippen LogP contribution in [0.1, 0.15) is 41.4 Å². The number of rotatable bonds is 5. The molecule has 0 radical (unpaired) electrons. The number of aromatic nitrogens is 1. The smallest absolute Gasteiger partial charge is 0.231 e. The molecule has 32 heavy (non-hydrogen) atoms. The third-order valence-corrected chi connectivity index (χ3v) is 6.81. The molecule has 6 nitrogen and oxygen atoms in total. The van der Waals surface area contributed by atoms with Crippen molar-refractivity contribution in [3.05, 3.63) is 59.0 Å². The predicted octanol–water partition coefficient (Wildman–Crippen LogP) is 4.76. The Bertz CT molecular complexity index is 1240. The van der Waals surface area contributed by atoms with Crippen LogP contribution in [0.3, 0.4) is 0 Å². The molecular formula is C26H28N2O4. The van der Waals surface area contributed by atoms with E-state index in [1.165, 1.54) is 25.0 Å². The monoisotopic (exact) mass is 432 g/mol. The largest absolute Gasteiger partial charge is 0.508 e. The maximum absolute atomic E-state index is 12.9. The SMILES string of the molecule is COc1ccc2c(c1)c(C=C1Oc3cc(O)ccc3C1=O)c(C)n2CCN1CCCC1C. The minimum Gasteiger partial charge on any atom is -0.508 e. The van der Waals surface area contributed by atoms with Gasteiger partial charge >= 0.3 is 0 Å². The molecule has 3 aromatic rings. The molecule has 2 aliphatic heterocycles. The summed E-state index contributed by atoms with van der Waals surface area (Å²) in [5.74, 6) is 1.34. The molecule has 1 aromatic heterocycles. The first-order valence-electron chi connectivity index (χ1n) is 11.1. The van der Waals surface area contributed by atoms with Crippen LogP contribution in [0, 0.1) is 6.92 Å². The number of carbonyl (C=O) groups excluding carboxylic acids is 1. The topological polar surface area (TPSA) is 63.9 Å². The van der Waals surface area contributed by atoms with Gasteiger partial charge in [-0.1, -0.05) is 0 Å². The number of benzene rings is 2. The number of ketones is 1. The van der Waals surface area contributed by atoms with Crippen LogP contribution in [0.4, 0.5) is 0 Å². The fraction of sp³-hybridized carbons (Fsp3) is 0.346. The Hall–Kier alpha value is -3.25.